The lowest BCUT2D eigenvalue weighted by Gasteiger charge is -2.24. The fourth-order valence-electron chi connectivity index (χ4n) is 3.64. The van der Waals surface area contributed by atoms with Crippen LogP contribution >= 0.6 is 11.3 Å². The number of carbonyl (C=O) groups excluding carboxylic acids is 2. The molecule has 27 heavy (non-hydrogen) atoms. The largest absolute Gasteiger partial charge is 0.488 e. The Morgan fingerprint density at radius 1 is 1.22 bits per heavy atom. The van der Waals surface area contributed by atoms with E-state index in [0.717, 1.165) is 47.4 Å². The molecule has 1 saturated carbocycles. The Balaban J connectivity index is 1.42. The number of amides is 1. The van der Waals surface area contributed by atoms with Crippen LogP contribution in [0.3, 0.4) is 0 Å². The van der Waals surface area contributed by atoms with Crippen LogP contribution in [0, 0.1) is 0 Å². The van der Waals surface area contributed by atoms with E-state index in [9.17, 15) is 9.59 Å². The molecular weight excluding hydrogens is 362 g/mol. The standard InChI is InChI=1S/C21H23NO4S/c1-13(20(23)22-15-7-3-2-4-8-15)26-21(24)18-11-14-12-25-17-10-6-5-9-16(17)19(14)27-18/h5-6,9-11,13,15H,2-4,7-8,12H2,1H3,(H,22,23)/t13-/m0/s1. The van der Waals surface area contributed by atoms with Crippen molar-refractivity contribution in [3.63, 3.8) is 0 Å². The van der Waals surface area contributed by atoms with Gasteiger partial charge in [0.05, 0.1) is 0 Å². The van der Waals surface area contributed by atoms with Gasteiger partial charge < -0.3 is 14.8 Å². The van der Waals surface area contributed by atoms with Gasteiger partial charge in [-0.2, -0.15) is 0 Å². The summed E-state index contributed by atoms with van der Waals surface area (Å²) in [7, 11) is 0. The Kier molecular flexibility index (Phi) is 5.16. The van der Waals surface area contributed by atoms with Crippen molar-refractivity contribution < 1.29 is 19.1 Å². The van der Waals surface area contributed by atoms with Crippen LogP contribution in [0.15, 0.2) is 30.3 Å². The molecular formula is C21H23NO4S. The number of para-hydroxylation sites is 1. The number of ether oxygens (including phenoxy) is 2. The average molecular weight is 385 g/mol. The van der Waals surface area contributed by atoms with Crippen LogP contribution in [0.25, 0.3) is 10.4 Å². The second-order valence-electron chi connectivity index (χ2n) is 7.14. The van der Waals surface area contributed by atoms with Gasteiger partial charge in [-0.1, -0.05) is 31.4 Å². The minimum Gasteiger partial charge on any atom is -0.488 e. The fourth-order valence-corrected chi connectivity index (χ4v) is 4.72. The number of hydrogen-bond donors (Lipinski definition) is 1. The van der Waals surface area contributed by atoms with Crippen LogP contribution in [0.1, 0.15) is 54.3 Å². The van der Waals surface area contributed by atoms with E-state index in [4.69, 9.17) is 9.47 Å². The molecule has 1 aliphatic carbocycles. The Bertz CT molecular complexity index is 854. The van der Waals surface area contributed by atoms with Crippen LogP contribution in [-0.2, 0) is 16.1 Å². The normalized spacial score (nSPS) is 17.2. The third kappa shape index (κ3) is 3.86. The van der Waals surface area contributed by atoms with Crippen molar-refractivity contribution in [3.8, 4) is 16.2 Å². The molecule has 0 bridgehead atoms. The van der Waals surface area contributed by atoms with Gasteiger partial charge in [-0.15, -0.1) is 11.3 Å². The van der Waals surface area contributed by atoms with Crippen molar-refractivity contribution in [1.29, 1.82) is 0 Å². The lowest BCUT2D eigenvalue weighted by molar-refractivity contribution is -0.130. The van der Waals surface area contributed by atoms with Gasteiger partial charge in [-0.05, 0) is 38.0 Å². The van der Waals surface area contributed by atoms with Crippen molar-refractivity contribution in [1.82, 2.24) is 5.32 Å². The van der Waals surface area contributed by atoms with E-state index in [1.54, 1.807) is 6.92 Å². The van der Waals surface area contributed by atoms with E-state index in [0.29, 0.717) is 11.5 Å². The quantitative estimate of drug-likeness (QED) is 0.797. The molecule has 2 heterocycles. The van der Waals surface area contributed by atoms with Gasteiger partial charge in [0.2, 0.25) is 0 Å². The van der Waals surface area contributed by atoms with E-state index < -0.39 is 12.1 Å². The minimum absolute atomic E-state index is 0.204. The summed E-state index contributed by atoms with van der Waals surface area (Å²) in [5, 5.41) is 3.00. The molecule has 0 unspecified atom stereocenters. The average Bonchev–Trinajstić information content (AvgIpc) is 3.14. The second-order valence-corrected chi connectivity index (χ2v) is 8.19. The maximum Gasteiger partial charge on any atom is 0.349 e. The zero-order valence-electron chi connectivity index (χ0n) is 15.3. The van der Waals surface area contributed by atoms with Gasteiger partial charge in [0, 0.05) is 22.0 Å². The number of rotatable bonds is 4. The van der Waals surface area contributed by atoms with E-state index in [-0.39, 0.29) is 11.9 Å². The van der Waals surface area contributed by atoms with Gasteiger partial charge in [-0.3, -0.25) is 4.79 Å². The van der Waals surface area contributed by atoms with Gasteiger partial charge in [0.15, 0.2) is 6.10 Å². The molecule has 4 rings (SSSR count). The van der Waals surface area contributed by atoms with Gasteiger partial charge >= 0.3 is 5.97 Å². The van der Waals surface area contributed by atoms with Gasteiger partial charge in [-0.25, -0.2) is 4.79 Å². The molecule has 1 fully saturated rings. The lowest BCUT2D eigenvalue weighted by atomic mass is 9.95. The topological polar surface area (TPSA) is 64.6 Å². The SMILES string of the molecule is C[C@H](OC(=O)c1cc2c(s1)-c1ccccc1OC2)C(=O)NC1CCCCC1. The van der Waals surface area contributed by atoms with Crippen LogP contribution in [0.2, 0.25) is 0 Å². The highest BCUT2D eigenvalue weighted by molar-refractivity contribution is 7.17. The van der Waals surface area contributed by atoms with Crippen molar-refractivity contribution in [2.45, 2.75) is 57.8 Å². The summed E-state index contributed by atoms with van der Waals surface area (Å²) in [6.45, 7) is 2.07. The maximum absolute atomic E-state index is 12.5. The molecule has 1 aromatic carbocycles. The first-order valence-corrected chi connectivity index (χ1v) is 10.3. The Labute approximate surface area is 162 Å². The summed E-state index contributed by atoms with van der Waals surface area (Å²) >= 11 is 1.39. The summed E-state index contributed by atoms with van der Waals surface area (Å²) in [4.78, 5) is 26.4. The first-order valence-electron chi connectivity index (χ1n) is 9.48. The van der Waals surface area contributed by atoms with E-state index in [1.165, 1.54) is 17.8 Å². The summed E-state index contributed by atoms with van der Waals surface area (Å²) in [6, 6.07) is 9.80. The third-order valence-corrected chi connectivity index (χ3v) is 6.32. The van der Waals surface area contributed by atoms with E-state index in [1.807, 2.05) is 30.3 Å². The predicted octanol–water partition coefficient (Wildman–Crippen LogP) is 4.30. The number of benzene rings is 1. The number of thiophene rings is 1. The lowest BCUT2D eigenvalue weighted by Crippen LogP contribution is -2.42. The molecule has 5 nitrogen and oxygen atoms in total. The van der Waals surface area contributed by atoms with Gasteiger partial charge in [0.1, 0.15) is 17.2 Å². The molecule has 2 aliphatic rings. The second kappa shape index (κ2) is 7.72. The number of nitrogens with one attached hydrogen (secondary N) is 1. The smallest absolute Gasteiger partial charge is 0.349 e. The van der Waals surface area contributed by atoms with Crippen LogP contribution in [-0.4, -0.2) is 24.0 Å². The molecule has 6 heteroatoms. The molecule has 1 atom stereocenters. The highest BCUT2D eigenvalue weighted by Crippen LogP contribution is 2.42. The summed E-state index contributed by atoms with van der Waals surface area (Å²) in [5.74, 6) is 0.149. The molecule has 142 valence electrons. The first-order chi connectivity index (χ1) is 13.1. The molecule has 1 amide bonds. The van der Waals surface area contributed by atoms with Crippen LogP contribution in [0.4, 0.5) is 0 Å². The minimum atomic E-state index is -0.804. The molecule has 2 aromatic rings. The Hall–Kier alpha value is -2.34. The van der Waals surface area contributed by atoms with Crippen molar-refractivity contribution in [3.05, 3.63) is 40.8 Å². The summed E-state index contributed by atoms with van der Waals surface area (Å²) in [6.07, 6.45) is 4.72. The molecule has 0 saturated heterocycles. The Morgan fingerprint density at radius 3 is 2.81 bits per heavy atom. The van der Waals surface area contributed by atoms with Gasteiger partial charge in [0.25, 0.3) is 5.91 Å². The zero-order chi connectivity index (χ0) is 18.8. The summed E-state index contributed by atoms with van der Waals surface area (Å²) in [5.41, 5.74) is 1.97. The number of esters is 1. The highest BCUT2D eigenvalue weighted by Gasteiger charge is 2.26. The predicted molar refractivity (Wildman–Crippen MR) is 104 cm³/mol. The molecule has 1 aromatic heterocycles. The van der Waals surface area contributed by atoms with Crippen LogP contribution < -0.4 is 10.1 Å². The van der Waals surface area contributed by atoms with E-state index >= 15 is 0 Å². The highest BCUT2D eigenvalue weighted by atomic mass is 32.1. The Morgan fingerprint density at radius 2 is 2.00 bits per heavy atom. The fraction of sp³-hybridized carbons (Fsp3) is 0.429. The molecule has 1 N–H and O–H groups in total. The maximum atomic E-state index is 12.5. The molecule has 1 aliphatic heterocycles. The molecule has 0 radical (unpaired) electrons. The first kappa shape index (κ1) is 18.0. The van der Waals surface area contributed by atoms with Crippen LogP contribution in [0.5, 0.6) is 5.75 Å². The monoisotopic (exact) mass is 385 g/mol. The van der Waals surface area contributed by atoms with Crippen molar-refractivity contribution >= 4 is 23.2 Å². The zero-order valence-corrected chi connectivity index (χ0v) is 16.1. The third-order valence-electron chi connectivity index (χ3n) is 5.13. The summed E-state index contributed by atoms with van der Waals surface area (Å²) < 4.78 is 11.2. The van der Waals surface area contributed by atoms with Crippen molar-refractivity contribution in [2.24, 2.45) is 0 Å². The van der Waals surface area contributed by atoms with Crippen molar-refractivity contribution in [2.75, 3.05) is 0 Å². The number of fused-ring (bicyclic) bond motifs is 3. The number of carbonyl (C=O) groups is 2. The molecule has 0 spiro atoms. The van der Waals surface area contributed by atoms with E-state index in [2.05, 4.69) is 5.32 Å². The number of hydrogen-bond acceptors (Lipinski definition) is 5.